The molecule has 0 N–H and O–H groups in total. The highest BCUT2D eigenvalue weighted by molar-refractivity contribution is 5.92. The molecule has 6 atom stereocenters. The van der Waals surface area contributed by atoms with Crippen molar-refractivity contribution in [2.24, 2.45) is 28.6 Å². The lowest BCUT2D eigenvalue weighted by molar-refractivity contribution is -0.187. The Bertz CT molecular complexity index is 836. The van der Waals surface area contributed by atoms with Gasteiger partial charge in [0.1, 0.15) is 0 Å². The van der Waals surface area contributed by atoms with Crippen LogP contribution < -0.4 is 0 Å². The summed E-state index contributed by atoms with van der Waals surface area (Å²) in [5, 5.41) is 0. The number of carbonyl (C=O) groups excluding carboxylic acids is 3. The number of ketones is 2. The van der Waals surface area contributed by atoms with E-state index in [1.54, 1.807) is 13.8 Å². The minimum absolute atomic E-state index is 0.0101. The van der Waals surface area contributed by atoms with Crippen LogP contribution >= 0.6 is 0 Å². The van der Waals surface area contributed by atoms with Crippen molar-refractivity contribution < 1.29 is 19.1 Å². The van der Waals surface area contributed by atoms with Crippen LogP contribution in [0.15, 0.2) is 23.3 Å². The van der Waals surface area contributed by atoms with Crippen molar-refractivity contribution in [2.45, 2.75) is 85.2 Å². The van der Waals surface area contributed by atoms with Crippen LogP contribution in [0.5, 0.6) is 0 Å². The van der Waals surface area contributed by atoms with Gasteiger partial charge in [-0.05, 0) is 56.9 Å². The Kier molecular flexibility index (Phi) is 4.71. The van der Waals surface area contributed by atoms with Gasteiger partial charge in [0.25, 0.3) is 0 Å². The van der Waals surface area contributed by atoms with Crippen molar-refractivity contribution in [1.29, 1.82) is 0 Å². The van der Waals surface area contributed by atoms with Crippen LogP contribution in [0.25, 0.3) is 0 Å². The smallest absolute Gasteiger partial charge is 0.306 e. The molecule has 0 unspecified atom stereocenters. The average molecular weight is 399 g/mol. The molecular formula is C25H34O4. The molecule has 0 heterocycles. The van der Waals surface area contributed by atoms with Gasteiger partial charge >= 0.3 is 5.97 Å². The summed E-state index contributed by atoms with van der Waals surface area (Å²) in [6.07, 6.45) is 9.66. The number of carbonyl (C=O) groups is 3. The minimum Gasteiger partial charge on any atom is -0.450 e. The van der Waals surface area contributed by atoms with Crippen LogP contribution in [-0.2, 0) is 19.1 Å². The van der Waals surface area contributed by atoms with E-state index < -0.39 is 5.60 Å². The number of allylic oxidation sites excluding steroid dienone is 4. The summed E-state index contributed by atoms with van der Waals surface area (Å²) in [6, 6.07) is 0. The molecule has 0 spiro atoms. The molecule has 0 radical (unpaired) electrons. The summed E-state index contributed by atoms with van der Waals surface area (Å²) in [7, 11) is 0. The monoisotopic (exact) mass is 398 g/mol. The molecule has 158 valence electrons. The first kappa shape index (κ1) is 20.6. The Morgan fingerprint density at radius 1 is 1.24 bits per heavy atom. The largest absolute Gasteiger partial charge is 0.450 e. The normalized spacial score (nSPS) is 43.5. The van der Waals surface area contributed by atoms with E-state index >= 15 is 0 Å². The van der Waals surface area contributed by atoms with Crippen LogP contribution in [0.4, 0.5) is 0 Å². The lowest BCUT2D eigenvalue weighted by Crippen LogP contribution is -2.58. The molecule has 4 rings (SSSR count). The van der Waals surface area contributed by atoms with E-state index in [0.29, 0.717) is 18.3 Å². The van der Waals surface area contributed by atoms with E-state index in [4.69, 9.17) is 4.74 Å². The van der Waals surface area contributed by atoms with Gasteiger partial charge in [0.05, 0.1) is 0 Å². The fourth-order valence-electron chi connectivity index (χ4n) is 7.48. The van der Waals surface area contributed by atoms with Crippen LogP contribution in [-0.4, -0.2) is 23.1 Å². The number of hydrogen-bond donors (Lipinski definition) is 0. The fraction of sp³-hybridized carbons (Fsp3) is 0.720. The molecule has 4 aliphatic rings. The molecule has 2 fully saturated rings. The summed E-state index contributed by atoms with van der Waals surface area (Å²) < 4.78 is 6.05. The Labute approximate surface area is 174 Å². The molecule has 0 aromatic carbocycles. The summed E-state index contributed by atoms with van der Waals surface area (Å²) in [5.41, 5.74) is 1.33. The third-order valence-electron chi connectivity index (χ3n) is 8.96. The van der Waals surface area contributed by atoms with Crippen LogP contribution in [0.2, 0.25) is 0 Å². The first-order valence-electron chi connectivity index (χ1n) is 11.3. The van der Waals surface area contributed by atoms with Crippen LogP contribution in [0.1, 0.15) is 79.6 Å². The first-order chi connectivity index (χ1) is 13.6. The average Bonchev–Trinajstić information content (AvgIpc) is 2.90. The SMILES string of the molecule is CCC(=O)O[C@]1(C(C)=O)[C@@H](C)C[C@H]2[C@@H]3CCC4=CC(=O)CC[C@]4(C)C3=CC[C@@]21C. The first-order valence-corrected chi connectivity index (χ1v) is 11.3. The van der Waals surface area contributed by atoms with Gasteiger partial charge in [-0.1, -0.05) is 44.9 Å². The highest BCUT2D eigenvalue weighted by Crippen LogP contribution is 2.67. The van der Waals surface area contributed by atoms with Crippen LogP contribution in [0.3, 0.4) is 0 Å². The van der Waals surface area contributed by atoms with Crippen molar-refractivity contribution in [1.82, 2.24) is 0 Å². The Morgan fingerprint density at radius 2 is 1.97 bits per heavy atom. The Balaban J connectivity index is 1.79. The van der Waals surface area contributed by atoms with Gasteiger partial charge in [-0.2, -0.15) is 0 Å². The maximum absolute atomic E-state index is 13.0. The predicted octanol–water partition coefficient (Wildman–Crippen LogP) is 4.97. The Morgan fingerprint density at radius 3 is 2.62 bits per heavy atom. The van der Waals surface area contributed by atoms with Gasteiger partial charge in [-0.3, -0.25) is 14.4 Å². The van der Waals surface area contributed by atoms with Gasteiger partial charge in [0, 0.05) is 29.6 Å². The van der Waals surface area contributed by atoms with Gasteiger partial charge in [0.15, 0.2) is 17.2 Å². The van der Waals surface area contributed by atoms with Gasteiger partial charge in [-0.25, -0.2) is 0 Å². The number of hydrogen-bond acceptors (Lipinski definition) is 4. The molecule has 4 nitrogen and oxygen atoms in total. The van der Waals surface area contributed by atoms with E-state index in [0.717, 1.165) is 32.1 Å². The topological polar surface area (TPSA) is 60.4 Å². The molecule has 2 saturated carbocycles. The summed E-state index contributed by atoms with van der Waals surface area (Å²) >= 11 is 0. The summed E-state index contributed by atoms with van der Waals surface area (Å²) in [6.45, 7) is 9.95. The van der Waals surface area contributed by atoms with Crippen molar-refractivity contribution in [2.75, 3.05) is 0 Å². The van der Waals surface area contributed by atoms with Gasteiger partial charge in [-0.15, -0.1) is 0 Å². The third-order valence-corrected chi connectivity index (χ3v) is 8.96. The number of fused-ring (bicyclic) bond motifs is 5. The summed E-state index contributed by atoms with van der Waals surface area (Å²) in [4.78, 5) is 37.4. The maximum atomic E-state index is 13.0. The third kappa shape index (κ3) is 2.60. The second kappa shape index (κ2) is 6.65. The number of ether oxygens (including phenoxy) is 1. The minimum atomic E-state index is -1.04. The second-order valence-corrected chi connectivity index (χ2v) is 10.3. The molecule has 0 saturated heterocycles. The standard InChI is InChI=1S/C25H34O4/c1-6-22(28)29-25(16(3)26)15(2)13-21-19-8-7-17-14-18(27)9-11-23(17,4)20(19)10-12-24(21,25)5/h10,14-15,19,21H,6-9,11-13H2,1-5H3/t15-,19+,21-,23-,24-,25-/m0/s1. The number of esters is 1. The lowest BCUT2D eigenvalue weighted by Gasteiger charge is -2.55. The fourth-order valence-corrected chi connectivity index (χ4v) is 7.48. The van der Waals surface area contributed by atoms with Crippen LogP contribution in [0, 0.1) is 28.6 Å². The van der Waals surface area contributed by atoms with Crippen molar-refractivity contribution in [3.05, 3.63) is 23.3 Å². The predicted molar refractivity (Wildman–Crippen MR) is 111 cm³/mol. The Hall–Kier alpha value is -1.71. The molecule has 0 aromatic heterocycles. The zero-order chi connectivity index (χ0) is 21.2. The number of rotatable bonds is 3. The molecule has 0 amide bonds. The molecule has 0 aromatic rings. The second-order valence-electron chi connectivity index (χ2n) is 10.3. The molecular weight excluding hydrogens is 364 g/mol. The molecule has 29 heavy (non-hydrogen) atoms. The lowest BCUT2D eigenvalue weighted by atomic mass is 9.50. The van der Waals surface area contributed by atoms with E-state index in [1.807, 2.05) is 6.08 Å². The maximum Gasteiger partial charge on any atom is 0.306 e. The molecule has 0 aliphatic heterocycles. The molecule has 4 heteroatoms. The van der Waals surface area contributed by atoms with Gasteiger partial charge < -0.3 is 4.74 Å². The van der Waals surface area contributed by atoms with Crippen molar-refractivity contribution >= 4 is 17.5 Å². The quantitative estimate of drug-likeness (QED) is 0.498. The van der Waals surface area contributed by atoms with Crippen molar-refractivity contribution in [3.63, 3.8) is 0 Å². The van der Waals surface area contributed by atoms with Gasteiger partial charge in [0.2, 0.25) is 0 Å². The van der Waals surface area contributed by atoms with E-state index in [9.17, 15) is 14.4 Å². The zero-order valence-corrected chi connectivity index (χ0v) is 18.5. The zero-order valence-electron chi connectivity index (χ0n) is 18.5. The highest BCUT2D eigenvalue weighted by atomic mass is 16.6. The number of Topliss-reactive ketones (excluding diaryl/α,β-unsaturated/α-hetero) is 1. The molecule has 4 aliphatic carbocycles. The van der Waals surface area contributed by atoms with E-state index in [1.165, 1.54) is 11.1 Å². The van der Waals surface area contributed by atoms with E-state index in [2.05, 4.69) is 26.8 Å². The van der Waals surface area contributed by atoms with Crippen molar-refractivity contribution in [3.8, 4) is 0 Å². The van der Waals surface area contributed by atoms with E-state index in [-0.39, 0.29) is 40.7 Å². The molecule has 0 bridgehead atoms. The summed E-state index contributed by atoms with van der Waals surface area (Å²) in [5.74, 6) is 0.690. The highest BCUT2D eigenvalue weighted by Gasteiger charge is 2.69.